The number of aliphatic hydroxyl groups is 1. The van der Waals surface area contributed by atoms with Gasteiger partial charge >= 0.3 is 0 Å². The van der Waals surface area contributed by atoms with E-state index in [9.17, 15) is 14.8 Å². The predicted molar refractivity (Wildman–Crippen MR) is 138 cm³/mol. The summed E-state index contributed by atoms with van der Waals surface area (Å²) in [6, 6.07) is 10.2. The van der Waals surface area contributed by atoms with Crippen molar-refractivity contribution in [2.45, 2.75) is 64.1 Å². The summed E-state index contributed by atoms with van der Waals surface area (Å²) in [5.41, 5.74) is 6.13. The lowest BCUT2D eigenvalue weighted by atomic mass is 9.86. The Morgan fingerprint density at radius 3 is 2.51 bits per heavy atom. The minimum atomic E-state index is -0.711. The number of allylic oxidation sites excluding steroid dienone is 1. The minimum Gasteiger partial charge on any atom is -0.389 e. The molecule has 1 aromatic heterocycles. The van der Waals surface area contributed by atoms with Crippen LogP contribution in [0, 0.1) is 4.91 Å². The van der Waals surface area contributed by atoms with Gasteiger partial charge in [-0.25, -0.2) is 5.43 Å². The molecule has 1 fully saturated rings. The lowest BCUT2D eigenvalue weighted by molar-refractivity contribution is 0.00247. The van der Waals surface area contributed by atoms with Gasteiger partial charge in [0.1, 0.15) is 0 Å². The number of hydrogen-bond donors (Lipinski definition) is 2. The van der Waals surface area contributed by atoms with Crippen LogP contribution in [0.2, 0.25) is 0 Å². The van der Waals surface area contributed by atoms with Gasteiger partial charge in [-0.3, -0.25) is 14.7 Å². The summed E-state index contributed by atoms with van der Waals surface area (Å²) >= 11 is 0. The summed E-state index contributed by atoms with van der Waals surface area (Å²) in [4.78, 5) is 31.7. The molecule has 186 valence electrons. The van der Waals surface area contributed by atoms with Crippen molar-refractivity contribution in [3.8, 4) is 0 Å². The molecule has 1 aliphatic carbocycles. The van der Waals surface area contributed by atoms with Crippen molar-refractivity contribution in [2.75, 3.05) is 24.5 Å². The highest BCUT2D eigenvalue weighted by molar-refractivity contribution is 5.93. The number of fused-ring (bicyclic) bond motifs is 1. The molecule has 2 heterocycles. The van der Waals surface area contributed by atoms with Gasteiger partial charge in [0.05, 0.1) is 28.5 Å². The Morgan fingerprint density at radius 1 is 1.20 bits per heavy atom. The monoisotopic (exact) mass is 477 g/mol. The van der Waals surface area contributed by atoms with Gasteiger partial charge in [-0.15, -0.1) is 4.91 Å². The number of nitrogens with one attached hydrogen (secondary N) is 1. The molecular formula is C27H35N5O3. The zero-order valence-electron chi connectivity index (χ0n) is 20.9. The molecule has 35 heavy (non-hydrogen) atoms. The van der Waals surface area contributed by atoms with Crippen LogP contribution in [0.3, 0.4) is 0 Å². The van der Waals surface area contributed by atoms with Crippen LogP contribution in [0.4, 0.5) is 5.69 Å². The Balaban J connectivity index is 1.46. The van der Waals surface area contributed by atoms with Crippen molar-refractivity contribution >= 4 is 17.7 Å². The highest BCUT2D eigenvalue weighted by Crippen LogP contribution is 2.34. The normalized spacial score (nSPS) is 22.5. The Hall–Kier alpha value is -3.10. The maximum absolute atomic E-state index is 11.7. The lowest BCUT2D eigenvalue weighted by Crippen LogP contribution is -2.59. The number of amides is 1. The third-order valence-electron chi connectivity index (χ3n) is 6.92. The van der Waals surface area contributed by atoms with Crippen molar-refractivity contribution in [3.63, 3.8) is 0 Å². The molecule has 2 aliphatic rings. The Bertz CT molecular complexity index is 1080. The van der Waals surface area contributed by atoms with Gasteiger partial charge in [-0.2, -0.15) is 0 Å². The van der Waals surface area contributed by atoms with Gasteiger partial charge in [0, 0.05) is 43.2 Å². The van der Waals surface area contributed by atoms with Gasteiger partial charge in [-0.05, 0) is 69.9 Å². The van der Waals surface area contributed by atoms with E-state index in [0.717, 1.165) is 48.4 Å². The Labute approximate surface area is 207 Å². The summed E-state index contributed by atoms with van der Waals surface area (Å²) < 4.78 is 0. The molecule has 0 saturated carbocycles. The second-order valence-electron chi connectivity index (χ2n) is 10.5. The summed E-state index contributed by atoms with van der Waals surface area (Å²) in [5.74, 6) is -0.238. The van der Waals surface area contributed by atoms with E-state index in [1.807, 2.05) is 37.6 Å². The van der Waals surface area contributed by atoms with Gasteiger partial charge in [-0.1, -0.05) is 24.3 Å². The fraction of sp³-hybridized carbons (Fsp3) is 0.481. The molecule has 1 aliphatic heterocycles. The molecule has 1 aromatic carbocycles. The SMILES string of the molecule is CC1CN(c2cnc3c(c2)C=CCC3Cc2ccc(C(=O)NN=O)cc2)CC(C)N1CC(C)(C)O. The third-order valence-corrected chi connectivity index (χ3v) is 6.92. The highest BCUT2D eigenvalue weighted by Gasteiger charge is 2.33. The molecule has 1 saturated heterocycles. The van der Waals surface area contributed by atoms with E-state index < -0.39 is 11.5 Å². The molecule has 0 spiro atoms. The molecule has 8 heteroatoms. The molecule has 3 atom stereocenters. The summed E-state index contributed by atoms with van der Waals surface area (Å²) in [6.45, 7) is 10.6. The molecule has 0 bridgehead atoms. The number of carbonyl (C=O) groups excluding carboxylic acids is 1. The average Bonchev–Trinajstić information content (AvgIpc) is 2.81. The molecule has 2 aromatic rings. The van der Waals surface area contributed by atoms with Crippen molar-refractivity contribution in [3.05, 3.63) is 69.9 Å². The van der Waals surface area contributed by atoms with E-state index in [1.165, 1.54) is 0 Å². The quantitative estimate of drug-likeness (QED) is 0.464. The van der Waals surface area contributed by atoms with Crippen LogP contribution in [0.15, 0.2) is 47.9 Å². The molecule has 1 amide bonds. The summed E-state index contributed by atoms with van der Waals surface area (Å²) in [7, 11) is 0. The first-order valence-corrected chi connectivity index (χ1v) is 12.3. The molecule has 3 unspecified atom stereocenters. The van der Waals surface area contributed by atoms with Gasteiger partial charge in [0.2, 0.25) is 0 Å². The number of anilines is 1. The number of β-amino-alcohol motifs (C(OH)–C–C–N with tert-alkyl or cyclic N) is 1. The lowest BCUT2D eigenvalue weighted by Gasteiger charge is -2.47. The van der Waals surface area contributed by atoms with Crippen LogP contribution in [0.5, 0.6) is 0 Å². The molecule has 2 N–H and O–H groups in total. The van der Waals surface area contributed by atoms with Gasteiger partial charge in [0.25, 0.3) is 5.91 Å². The van der Waals surface area contributed by atoms with Crippen LogP contribution in [0.25, 0.3) is 6.08 Å². The van der Waals surface area contributed by atoms with E-state index in [2.05, 4.69) is 47.2 Å². The highest BCUT2D eigenvalue weighted by atomic mass is 16.3. The Kier molecular flexibility index (Phi) is 7.33. The minimum absolute atomic E-state index is 0.266. The van der Waals surface area contributed by atoms with Gasteiger partial charge < -0.3 is 10.0 Å². The third kappa shape index (κ3) is 5.94. The average molecular weight is 478 g/mol. The smallest absolute Gasteiger partial charge is 0.273 e. The molecule has 4 rings (SSSR count). The second-order valence-corrected chi connectivity index (χ2v) is 10.5. The molecule has 0 radical (unpaired) electrons. The first-order chi connectivity index (χ1) is 16.6. The number of piperazine rings is 1. The van der Waals surface area contributed by atoms with Crippen molar-refractivity contribution < 1.29 is 9.90 Å². The standard InChI is InChI=1S/C27H35N5O3/c1-18-15-31(16-19(2)32(18)17-27(3,4)34)24-13-23-7-5-6-22(25(23)28-14-24)12-20-8-10-21(11-9-20)26(33)29-30-35/h5,7-11,13-14,18-19,22,34H,6,12,15-17H2,1-4H3,(H,29,33,35). The number of hydrogen-bond acceptors (Lipinski definition) is 7. The van der Waals surface area contributed by atoms with Crippen LogP contribution in [0.1, 0.15) is 67.2 Å². The number of rotatable bonds is 7. The fourth-order valence-corrected chi connectivity index (χ4v) is 5.29. The van der Waals surface area contributed by atoms with Crippen LogP contribution in [-0.2, 0) is 6.42 Å². The van der Waals surface area contributed by atoms with E-state index in [1.54, 1.807) is 12.1 Å². The van der Waals surface area contributed by atoms with Gasteiger partial charge in [0.15, 0.2) is 0 Å². The van der Waals surface area contributed by atoms with E-state index >= 15 is 0 Å². The number of aromatic nitrogens is 1. The number of carbonyl (C=O) groups is 1. The predicted octanol–water partition coefficient (Wildman–Crippen LogP) is 3.91. The van der Waals surface area contributed by atoms with Crippen molar-refractivity contribution in [2.24, 2.45) is 5.29 Å². The maximum atomic E-state index is 11.7. The number of pyridine rings is 1. The van der Waals surface area contributed by atoms with Crippen molar-refractivity contribution in [1.82, 2.24) is 15.3 Å². The first-order valence-electron chi connectivity index (χ1n) is 12.3. The first kappa shape index (κ1) is 25.0. The number of nitroso groups, excluding NO2 is 1. The number of benzene rings is 1. The van der Waals surface area contributed by atoms with Crippen LogP contribution >= 0.6 is 0 Å². The largest absolute Gasteiger partial charge is 0.389 e. The molecular weight excluding hydrogens is 442 g/mol. The topological polar surface area (TPSA) is 98.1 Å². The zero-order chi connectivity index (χ0) is 25.2. The number of nitrogens with zero attached hydrogens (tertiary/aromatic N) is 4. The zero-order valence-corrected chi connectivity index (χ0v) is 20.9. The second kappa shape index (κ2) is 10.3. The van der Waals surface area contributed by atoms with E-state index in [-0.39, 0.29) is 5.92 Å². The summed E-state index contributed by atoms with van der Waals surface area (Å²) in [5, 5.41) is 12.7. The van der Waals surface area contributed by atoms with Crippen LogP contribution < -0.4 is 10.3 Å². The maximum Gasteiger partial charge on any atom is 0.273 e. The summed E-state index contributed by atoms with van der Waals surface area (Å²) in [6.07, 6.45) is 8.11. The van der Waals surface area contributed by atoms with Crippen LogP contribution in [-0.4, -0.2) is 58.2 Å². The fourth-order valence-electron chi connectivity index (χ4n) is 5.29. The van der Waals surface area contributed by atoms with E-state index in [4.69, 9.17) is 4.98 Å². The Morgan fingerprint density at radius 2 is 1.89 bits per heavy atom. The van der Waals surface area contributed by atoms with Crippen molar-refractivity contribution in [1.29, 1.82) is 0 Å². The molecule has 8 nitrogen and oxygen atoms in total. The van der Waals surface area contributed by atoms with E-state index in [0.29, 0.717) is 24.2 Å².